The van der Waals surface area contributed by atoms with Crippen LogP contribution in [0.25, 0.3) is 11.0 Å². The molecule has 9 heteroatoms. The number of nitrogens with zero attached hydrogens (tertiary/aromatic N) is 4. The van der Waals surface area contributed by atoms with Crippen molar-refractivity contribution in [3.63, 3.8) is 0 Å². The van der Waals surface area contributed by atoms with Crippen LogP contribution in [0.4, 0.5) is 9.18 Å². The fourth-order valence-electron chi connectivity index (χ4n) is 4.34. The first-order valence-corrected chi connectivity index (χ1v) is 11.8. The largest absolute Gasteiger partial charge is 0.352 e. The van der Waals surface area contributed by atoms with Gasteiger partial charge in [0.25, 0.3) is 0 Å². The van der Waals surface area contributed by atoms with Crippen LogP contribution in [0, 0.1) is 5.82 Å². The third-order valence-electron chi connectivity index (χ3n) is 6.45. The van der Waals surface area contributed by atoms with Gasteiger partial charge in [-0.25, -0.2) is 14.2 Å². The van der Waals surface area contributed by atoms with E-state index in [1.54, 1.807) is 23.4 Å². The lowest BCUT2D eigenvalue weighted by atomic mass is 10.1. The van der Waals surface area contributed by atoms with E-state index in [-0.39, 0.29) is 23.8 Å². The molecule has 1 saturated carbocycles. The maximum absolute atomic E-state index is 13.5. The highest BCUT2D eigenvalue weighted by atomic mass is 19.1. The number of nitrogens with one attached hydrogen (secondary N) is 2. The van der Waals surface area contributed by atoms with Gasteiger partial charge in [-0.3, -0.25) is 9.69 Å². The van der Waals surface area contributed by atoms with E-state index in [1.165, 1.54) is 12.1 Å². The number of rotatable bonds is 7. The molecule has 1 aliphatic heterocycles. The van der Waals surface area contributed by atoms with Crippen LogP contribution in [-0.4, -0.2) is 70.1 Å². The number of amides is 3. The first kappa shape index (κ1) is 22.3. The third-order valence-corrected chi connectivity index (χ3v) is 6.45. The molecule has 2 aromatic carbocycles. The first-order chi connectivity index (χ1) is 16.5. The number of urea groups is 1. The number of carbonyl (C=O) groups excluding carboxylic acids is 2. The molecule has 34 heavy (non-hydrogen) atoms. The molecule has 1 aromatic heterocycles. The summed E-state index contributed by atoms with van der Waals surface area (Å²) in [5.41, 5.74) is 2.68. The van der Waals surface area contributed by atoms with Gasteiger partial charge >= 0.3 is 6.03 Å². The molecule has 2 N–H and O–H groups in total. The number of fused-ring (bicyclic) bond motifs is 1. The van der Waals surface area contributed by atoms with Crippen LogP contribution in [0.1, 0.15) is 24.4 Å². The van der Waals surface area contributed by atoms with Crippen LogP contribution in [0.15, 0.2) is 54.9 Å². The molecule has 2 fully saturated rings. The Bertz CT molecular complexity index is 1150. The molecule has 0 radical (unpaired) electrons. The monoisotopic (exact) mass is 464 g/mol. The number of aromatic nitrogens is 2. The molecule has 8 nitrogen and oxygen atoms in total. The minimum atomic E-state index is -0.354. The summed E-state index contributed by atoms with van der Waals surface area (Å²) in [6.45, 7) is 3.24. The highest BCUT2D eigenvalue weighted by Gasteiger charge is 2.27. The number of halogens is 1. The van der Waals surface area contributed by atoms with Crippen molar-refractivity contribution in [1.29, 1.82) is 0 Å². The van der Waals surface area contributed by atoms with E-state index in [0.717, 1.165) is 29.4 Å². The molecule has 1 saturated heterocycles. The smallest absolute Gasteiger partial charge is 0.318 e. The van der Waals surface area contributed by atoms with Gasteiger partial charge in [-0.15, -0.1) is 0 Å². The summed E-state index contributed by atoms with van der Waals surface area (Å²) in [5.74, 6) is -0.256. The van der Waals surface area contributed by atoms with E-state index in [1.807, 2.05) is 28.8 Å². The number of piperazine rings is 1. The van der Waals surface area contributed by atoms with Gasteiger partial charge in [0, 0.05) is 38.8 Å². The fourth-order valence-corrected chi connectivity index (χ4v) is 4.34. The minimum absolute atomic E-state index is 0.0596. The average Bonchev–Trinajstić information content (AvgIpc) is 3.57. The molecule has 1 unspecified atom stereocenters. The lowest BCUT2D eigenvalue weighted by molar-refractivity contribution is -0.122. The molecule has 2 aliphatic rings. The molecule has 1 aliphatic carbocycles. The van der Waals surface area contributed by atoms with Crippen molar-refractivity contribution in [1.82, 2.24) is 30.0 Å². The second-order valence-electron chi connectivity index (χ2n) is 9.04. The zero-order valence-corrected chi connectivity index (χ0v) is 19.0. The van der Waals surface area contributed by atoms with Gasteiger partial charge in [-0.2, -0.15) is 0 Å². The standard InChI is InChI=1S/C25H29FN6O2/c26-19-7-5-18(6-8-19)22(15-32-17-27-21-3-1-2-4-23(21)32)29-25(34)31-13-11-30(12-14-31)16-24(33)28-20-9-10-20/h1-8,17,20,22H,9-16H2,(H,28,33)(H,29,34). The lowest BCUT2D eigenvalue weighted by Crippen LogP contribution is -2.54. The fraction of sp³-hybridized carbons (Fsp3) is 0.400. The number of benzene rings is 2. The van der Waals surface area contributed by atoms with E-state index in [4.69, 9.17) is 0 Å². The zero-order chi connectivity index (χ0) is 23.5. The number of carbonyl (C=O) groups is 2. The number of hydrogen-bond donors (Lipinski definition) is 2. The lowest BCUT2D eigenvalue weighted by Gasteiger charge is -2.35. The molecule has 0 bridgehead atoms. The summed E-state index contributed by atoms with van der Waals surface area (Å²) in [5, 5.41) is 6.14. The summed E-state index contributed by atoms with van der Waals surface area (Å²) < 4.78 is 15.5. The molecule has 178 valence electrons. The second kappa shape index (κ2) is 9.80. The van der Waals surface area contributed by atoms with Gasteiger partial charge in [0.2, 0.25) is 5.91 Å². The Morgan fingerprint density at radius 1 is 1.03 bits per heavy atom. The third kappa shape index (κ3) is 5.36. The van der Waals surface area contributed by atoms with Gasteiger partial charge < -0.3 is 20.1 Å². The average molecular weight is 465 g/mol. The topological polar surface area (TPSA) is 82.5 Å². The highest BCUT2D eigenvalue weighted by Crippen LogP contribution is 2.21. The van der Waals surface area contributed by atoms with Crippen LogP contribution in [0.3, 0.4) is 0 Å². The number of imidazole rings is 1. The Kier molecular flexibility index (Phi) is 6.44. The van der Waals surface area contributed by atoms with Crippen molar-refractivity contribution in [2.24, 2.45) is 0 Å². The Morgan fingerprint density at radius 2 is 1.76 bits per heavy atom. The van der Waals surface area contributed by atoms with Crippen molar-refractivity contribution in [2.75, 3.05) is 32.7 Å². The Balaban J connectivity index is 1.23. The molecule has 3 aromatic rings. The van der Waals surface area contributed by atoms with Crippen LogP contribution >= 0.6 is 0 Å². The molecule has 5 rings (SSSR count). The summed E-state index contributed by atoms with van der Waals surface area (Å²) >= 11 is 0. The molecule has 2 heterocycles. The van der Waals surface area contributed by atoms with Crippen molar-refractivity contribution in [2.45, 2.75) is 31.5 Å². The Labute approximate surface area is 197 Å². The molecule has 1 atom stereocenters. The Hall–Kier alpha value is -3.46. The quantitative estimate of drug-likeness (QED) is 0.563. The van der Waals surface area contributed by atoms with Crippen LogP contribution < -0.4 is 10.6 Å². The molecule has 0 spiro atoms. The van der Waals surface area contributed by atoms with Crippen LogP contribution in [0.2, 0.25) is 0 Å². The predicted octanol–water partition coefficient (Wildman–Crippen LogP) is 2.52. The van der Waals surface area contributed by atoms with E-state index in [9.17, 15) is 14.0 Å². The predicted molar refractivity (Wildman–Crippen MR) is 127 cm³/mol. The minimum Gasteiger partial charge on any atom is -0.352 e. The highest BCUT2D eigenvalue weighted by molar-refractivity contribution is 5.79. The van der Waals surface area contributed by atoms with Gasteiger partial charge in [-0.05, 0) is 42.7 Å². The summed E-state index contributed by atoms with van der Waals surface area (Å²) in [6.07, 6.45) is 3.91. The van der Waals surface area contributed by atoms with E-state index in [2.05, 4.69) is 20.5 Å². The van der Waals surface area contributed by atoms with Gasteiger partial charge in [0.05, 0.1) is 29.9 Å². The normalized spacial score (nSPS) is 17.5. The maximum Gasteiger partial charge on any atom is 0.318 e. The summed E-state index contributed by atoms with van der Waals surface area (Å²) in [7, 11) is 0. The van der Waals surface area contributed by atoms with E-state index >= 15 is 0 Å². The van der Waals surface area contributed by atoms with Gasteiger partial charge in [0.1, 0.15) is 5.82 Å². The first-order valence-electron chi connectivity index (χ1n) is 11.8. The zero-order valence-electron chi connectivity index (χ0n) is 19.0. The molecule has 3 amide bonds. The van der Waals surface area contributed by atoms with Crippen LogP contribution in [-0.2, 0) is 11.3 Å². The van der Waals surface area contributed by atoms with E-state index in [0.29, 0.717) is 45.3 Å². The van der Waals surface area contributed by atoms with Crippen molar-refractivity contribution in [3.05, 3.63) is 66.2 Å². The van der Waals surface area contributed by atoms with Crippen molar-refractivity contribution in [3.8, 4) is 0 Å². The van der Waals surface area contributed by atoms with Crippen LogP contribution in [0.5, 0.6) is 0 Å². The SMILES string of the molecule is O=C(CN1CCN(C(=O)NC(Cn2cnc3ccccc32)c2ccc(F)cc2)CC1)NC1CC1. The van der Waals surface area contributed by atoms with E-state index < -0.39 is 0 Å². The molecular weight excluding hydrogens is 435 g/mol. The molecular formula is C25H29FN6O2. The Morgan fingerprint density at radius 3 is 2.50 bits per heavy atom. The number of hydrogen-bond acceptors (Lipinski definition) is 4. The number of para-hydroxylation sites is 2. The van der Waals surface area contributed by atoms with Gasteiger partial charge in [-0.1, -0.05) is 24.3 Å². The van der Waals surface area contributed by atoms with Crippen molar-refractivity contribution >= 4 is 23.0 Å². The summed E-state index contributed by atoms with van der Waals surface area (Å²) in [4.78, 5) is 33.5. The summed E-state index contributed by atoms with van der Waals surface area (Å²) in [6, 6.07) is 13.9. The second-order valence-corrected chi connectivity index (χ2v) is 9.04. The van der Waals surface area contributed by atoms with Gasteiger partial charge in [0.15, 0.2) is 0 Å². The maximum atomic E-state index is 13.5. The van der Waals surface area contributed by atoms with Crippen molar-refractivity contribution < 1.29 is 14.0 Å².